The average Bonchev–Trinajstić information content (AvgIpc) is 3.21. The first-order valence-corrected chi connectivity index (χ1v) is 15.9. The van der Waals surface area contributed by atoms with Gasteiger partial charge in [0.1, 0.15) is 11.4 Å². The number of anilines is 1. The second-order valence-electron chi connectivity index (χ2n) is 14.5. The molecule has 0 spiro atoms. The smallest absolute Gasteiger partial charge is 0.410 e. The van der Waals surface area contributed by atoms with Crippen molar-refractivity contribution in [2.45, 2.75) is 84.0 Å². The minimum absolute atomic E-state index is 0.0127. The fourth-order valence-corrected chi connectivity index (χ4v) is 6.67. The molecular weight excluding hydrogens is 559 g/mol. The molecule has 2 aromatic rings. The van der Waals surface area contributed by atoms with Crippen LogP contribution in [0.4, 0.5) is 14.9 Å². The van der Waals surface area contributed by atoms with E-state index in [1.54, 1.807) is 12.1 Å². The van der Waals surface area contributed by atoms with Gasteiger partial charge in [0.15, 0.2) is 0 Å². The van der Waals surface area contributed by atoms with Crippen molar-refractivity contribution in [3.8, 4) is 0 Å². The second kappa shape index (κ2) is 12.7. The topological polar surface area (TPSA) is 81.3 Å². The Kier molecular flexibility index (Phi) is 9.35. The maximum absolute atomic E-state index is 14.2. The van der Waals surface area contributed by atoms with Gasteiger partial charge in [-0.1, -0.05) is 26.0 Å². The molecular formula is C34H49FN6O3. The molecule has 1 aromatic carbocycles. The number of carbonyl (C=O) groups excluding carboxylic acids is 2. The van der Waals surface area contributed by atoms with Crippen molar-refractivity contribution in [3.63, 3.8) is 0 Å². The van der Waals surface area contributed by atoms with Gasteiger partial charge in [-0.3, -0.25) is 19.6 Å². The third kappa shape index (κ3) is 7.41. The lowest BCUT2D eigenvalue weighted by atomic mass is 9.91. The van der Waals surface area contributed by atoms with Crippen LogP contribution in [-0.4, -0.2) is 108 Å². The van der Waals surface area contributed by atoms with Crippen molar-refractivity contribution >= 4 is 17.7 Å². The molecule has 5 rings (SSSR count). The van der Waals surface area contributed by atoms with Gasteiger partial charge in [0.25, 0.3) is 0 Å². The van der Waals surface area contributed by atoms with Crippen molar-refractivity contribution in [3.05, 3.63) is 59.2 Å². The van der Waals surface area contributed by atoms with Gasteiger partial charge in [-0.25, -0.2) is 9.18 Å². The Morgan fingerprint density at radius 2 is 1.80 bits per heavy atom. The van der Waals surface area contributed by atoms with Gasteiger partial charge in [-0.05, 0) is 70.4 Å². The van der Waals surface area contributed by atoms with Crippen LogP contribution in [0.15, 0.2) is 36.5 Å². The molecule has 9 nitrogen and oxygen atoms in total. The zero-order valence-electron chi connectivity index (χ0n) is 27.4. The highest BCUT2D eigenvalue weighted by Crippen LogP contribution is 2.40. The van der Waals surface area contributed by atoms with E-state index in [1.165, 1.54) is 12.1 Å². The molecule has 240 valence electrons. The monoisotopic (exact) mass is 608 g/mol. The molecule has 2 amide bonds. The fraction of sp³-hybridized carbons (Fsp3) is 0.618. The van der Waals surface area contributed by atoms with E-state index in [1.807, 2.05) is 43.7 Å². The number of hydrogen-bond acceptors (Lipinski definition) is 7. The summed E-state index contributed by atoms with van der Waals surface area (Å²) in [6.07, 6.45) is 2.18. The van der Waals surface area contributed by atoms with E-state index in [0.717, 1.165) is 48.7 Å². The SMILES string of the molecule is CC1CN(CC(=O)N2CC(C)(C)c3ncc(Cc4ccc(F)cc4)cc32)C(CN2CCNC[C@H]2C)CN1C(=O)OC(C)(C)C. The minimum atomic E-state index is -0.577. The summed E-state index contributed by atoms with van der Waals surface area (Å²) in [6, 6.07) is 8.84. The molecule has 0 radical (unpaired) electrons. The summed E-state index contributed by atoms with van der Waals surface area (Å²) in [6.45, 7) is 19.6. The Morgan fingerprint density at radius 1 is 1.07 bits per heavy atom. The summed E-state index contributed by atoms with van der Waals surface area (Å²) in [5.74, 6) is -0.223. The van der Waals surface area contributed by atoms with Crippen molar-refractivity contribution in [2.75, 3.05) is 57.3 Å². The van der Waals surface area contributed by atoms with Crippen LogP contribution in [0.1, 0.15) is 65.3 Å². The zero-order valence-corrected chi connectivity index (χ0v) is 27.4. The van der Waals surface area contributed by atoms with Gasteiger partial charge in [-0.2, -0.15) is 0 Å². The molecule has 0 bridgehead atoms. The molecule has 10 heteroatoms. The number of hydrogen-bond donors (Lipinski definition) is 1. The summed E-state index contributed by atoms with van der Waals surface area (Å²) in [7, 11) is 0. The maximum Gasteiger partial charge on any atom is 0.410 e. The molecule has 3 aliphatic rings. The number of amides is 2. The first kappa shape index (κ1) is 32.3. The summed E-state index contributed by atoms with van der Waals surface area (Å²) in [5, 5.41) is 3.46. The van der Waals surface area contributed by atoms with E-state index in [2.05, 4.69) is 42.0 Å². The number of carbonyl (C=O) groups is 2. The number of nitrogens with one attached hydrogen (secondary N) is 1. The van der Waals surface area contributed by atoms with E-state index in [4.69, 9.17) is 9.72 Å². The zero-order chi connectivity index (χ0) is 31.8. The molecule has 0 saturated carbocycles. The van der Waals surface area contributed by atoms with E-state index in [9.17, 15) is 14.0 Å². The number of halogens is 1. The molecule has 3 aliphatic heterocycles. The standard InChI is InChI=1S/C34H49FN6O3/c1-23-16-36-12-13-38(23)19-28-20-40(32(43)44-33(3,4)5)24(2)18-39(28)21-30(42)41-22-34(6,7)31-29(41)15-26(17-37-31)14-25-8-10-27(35)11-9-25/h8-11,15,17,23-24,28,36H,12-14,16,18-22H2,1-7H3/t23-,24?,28?/m1/s1. The molecule has 2 fully saturated rings. The molecule has 2 unspecified atom stereocenters. The van der Waals surface area contributed by atoms with Gasteiger partial charge in [0.2, 0.25) is 5.91 Å². The van der Waals surface area contributed by atoms with Gasteiger partial charge >= 0.3 is 6.09 Å². The van der Waals surface area contributed by atoms with Gasteiger partial charge in [-0.15, -0.1) is 0 Å². The Labute approximate surface area is 261 Å². The van der Waals surface area contributed by atoms with Crippen molar-refractivity contribution in [2.24, 2.45) is 0 Å². The highest BCUT2D eigenvalue weighted by atomic mass is 19.1. The third-order valence-corrected chi connectivity index (χ3v) is 9.04. The Balaban J connectivity index is 1.36. The summed E-state index contributed by atoms with van der Waals surface area (Å²) >= 11 is 0. The first-order valence-electron chi connectivity index (χ1n) is 15.9. The first-order chi connectivity index (χ1) is 20.7. The normalized spacial score (nSPS) is 24.3. The summed E-state index contributed by atoms with van der Waals surface area (Å²) < 4.78 is 19.2. The largest absolute Gasteiger partial charge is 0.444 e. The Bertz CT molecular complexity index is 1340. The third-order valence-electron chi connectivity index (χ3n) is 9.04. The number of pyridine rings is 1. The number of fused-ring (bicyclic) bond motifs is 1. The molecule has 0 aliphatic carbocycles. The maximum atomic E-state index is 14.2. The highest BCUT2D eigenvalue weighted by Gasteiger charge is 2.42. The summed E-state index contributed by atoms with van der Waals surface area (Å²) in [5.41, 5.74) is 2.89. The van der Waals surface area contributed by atoms with E-state index in [0.29, 0.717) is 32.1 Å². The predicted octanol–water partition coefficient (Wildman–Crippen LogP) is 4.04. The molecule has 4 heterocycles. The van der Waals surface area contributed by atoms with Crippen molar-refractivity contribution in [1.29, 1.82) is 0 Å². The molecule has 1 N–H and O–H groups in total. The average molecular weight is 609 g/mol. The number of rotatable bonds is 6. The van der Waals surface area contributed by atoms with Gasteiger partial charge < -0.3 is 19.9 Å². The minimum Gasteiger partial charge on any atom is -0.444 e. The lowest BCUT2D eigenvalue weighted by Gasteiger charge is -2.47. The van der Waals surface area contributed by atoms with Crippen LogP contribution in [0.3, 0.4) is 0 Å². The van der Waals surface area contributed by atoms with Crippen LogP contribution < -0.4 is 10.2 Å². The number of aromatic nitrogens is 1. The number of benzene rings is 1. The lowest BCUT2D eigenvalue weighted by molar-refractivity contribution is -0.121. The van der Waals surface area contributed by atoms with Crippen LogP contribution in [0, 0.1) is 5.82 Å². The summed E-state index contributed by atoms with van der Waals surface area (Å²) in [4.78, 5) is 40.7. The van der Waals surface area contributed by atoms with Crippen LogP contribution >= 0.6 is 0 Å². The fourth-order valence-electron chi connectivity index (χ4n) is 6.67. The quantitative estimate of drug-likeness (QED) is 0.530. The Morgan fingerprint density at radius 3 is 2.48 bits per heavy atom. The van der Waals surface area contributed by atoms with Crippen LogP contribution in [0.2, 0.25) is 0 Å². The van der Waals surface area contributed by atoms with Gasteiger partial charge in [0.05, 0.1) is 17.9 Å². The van der Waals surface area contributed by atoms with Crippen LogP contribution in [0.5, 0.6) is 0 Å². The molecule has 2 saturated heterocycles. The van der Waals surface area contributed by atoms with Crippen LogP contribution in [0.25, 0.3) is 0 Å². The Hall–Kier alpha value is -3.08. The lowest BCUT2D eigenvalue weighted by Crippen LogP contribution is -2.65. The van der Waals surface area contributed by atoms with Gasteiger partial charge in [0, 0.05) is 75.6 Å². The predicted molar refractivity (Wildman–Crippen MR) is 170 cm³/mol. The van der Waals surface area contributed by atoms with E-state index >= 15 is 0 Å². The number of nitrogens with zero attached hydrogens (tertiary/aromatic N) is 5. The second-order valence-corrected chi connectivity index (χ2v) is 14.5. The number of piperazine rings is 2. The highest BCUT2D eigenvalue weighted by molar-refractivity contribution is 5.97. The molecule has 1 aromatic heterocycles. The van der Waals surface area contributed by atoms with E-state index < -0.39 is 5.60 Å². The van der Waals surface area contributed by atoms with Crippen molar-refractivity contribution < 1.29 is 18.7 Å². The molecule has 44 heavy (non-hydrogen) atoms. The van der Waals surface area contributed by atoms with Crippen LogP contribution in [-0.2, 0) is 21.4 Å². The van der Waals surface area contributed by atoms with Crippen molar-refractivity contribution in [1.82, 2.24) is 25.0 Å². The number of ether oxygens (including phenoxy) is 1. The van der Waals surface area contributed by atoms with E-state index in [-0.39, 0.29) is 41.9 Å². The molecule has 3 atom stereocenters.